The lowest BCUT2D eigenvalue weighted by atomic mass is 10.7. The second kappa shape index (κ2) is 3.15. The van der Waals surface area contributed by atoms with Crippen molar-refractivity contribution in [1.82, 2.24) is 19.1 Å². The van der Waals surface area contributed by atoms with Crippen molar-refractivity contribution in [3.63, 3.8) is 0 Å². The molecular formula is C7H6N4O5. The number of aromatic nitrogens is 4. The molecule has 0 bridgehead atoms. The summed E-state index contributed by atoms with van der Waals surface area (Å²) >= 11 is 0. The second-order valence-corrected chi connectivity index (χ2v) is 2.91. The Balaban J connectivity index is 2.55. The van der Waals surface area contributed by atoms with Crippen LogP contribution in [0.5, 0.6) is 11.8 Å². The van der Waals surface area contributed by atoms with Gasteiger partial charge in [0.1, 0.15) is 0 Å². The minimum atomic E-state index is -1.02. The van der Waals surface area contributed by atoms with Crippen molar-refractivity contribution in [2.75, 3.05) is 0 Å². The number of H-pyrrole nitrogens is 2. The monoisotopic (exact) mass is 226 g/mol. The quantitative estimate of drug-likeness (QED) is 0.438. The number of nitrogens with zero attached hydrogens (tertiary/aromatic N) is 2. The van der Waals surface area contributed by atoms with Gasteiger partial charge in [0, 0.05) is 0 Å². The van der Waals surface area contributed by atoms with Gasteiger partial charge in [0.25, 0.3) is 0 Å². The van der Waals surface area contributed by atoms with Crippen molar-refractivity contribution >= 4 is 6.03 Å². The van der Waals surface area contributed by atoms with Crippen molar-refractivity contribution in [1.29, 1.82) is 0 Å². The van der Waals surface area contributed by atoms with E-state index in [9.17, 15) is 14.4 Å². The lowest BCUT2D eigenvalue weighted by Crippen LogP contribution is -2.33. The first kappa shape index (κ1) is 9.83. The first-order chi connectivity index (χ1) is 7.49. The smallest absolute Gasteiger partial charge is 0.345 e. The molecular weight excluding hydrogens is 220 g/mol. The Hall–Kier alpha value is -2.71. The number of aromatic amines is 2. The van der Waals surface area contributed by atoms with Crippen molar-refractivity contribution in [2.24, 2.45) is 0 Å². The number of nitrogens with one attached hydrogen (secondary N) is 2. The maximum absolute atomic E-state index is 11.6. The Labute approximate surface area is 86.2 Å². The SMILES string of the molecule is O=C(n1cc(O)[nH]c1=O)n1cc(O)[nH]c1=O. The molecule has 0 amide bonds. The van der Waals surface area contributed by atoms with Gasteiger partial charge in [0.05, 0.1) is 12.4 Å². The fourth-order valence-corrected chi connectivity index (χ4v) is 1.17. The molecule has 0 aliphatic carbocycles. The van der Waals surface area contributed by atoms with Gasteiger partial charge in [-0.3, -0.25) is 9.97 Å². The van der Waals surface area contributed by atoms with Crippen LogP contribution in [0.3, 0.4) is 0 Å². The van der Waals surface area contributed by atoms with Gasteiger partial charge in [0.15, 0.2) is 0 Å². The molecule has 0 radical (unpaired) electrons. The standard InChI is InChI=1S/C7H6N4O5/c12-3-1-10(5(14)8-3)7(16)11-2-4(13)9-6(11)15/h1-2,12-13H,(H,8,14)(H,9,15). The zero-order valence-electron chi connectivity index (χ0n) is 7.67. The molecule has 0 saturated carbocycles. The number of hydrogen-bond donors (Lipinski definition) is 4. The third kappa shape index (κ3) is 1.39. The summed E-state index contributed by atoms with van der Waals surface area (Å²) in [7, 11) is 0. The van der Waals surface area contributed by atoms with Crippen LogP contribution in [0.25, 0.3) is 0 Å². The highest BCUT2D eigenvalue weighted by Gasteiger charge is 2.15. The summed E-state index contributed by atoms with van der Waals surface area (Å²) in [5, 5.41) is 17.9. The second-order valence-electron chi connectivity index (χ2n) is 2.91. The van der Waals surface area contributed by atoms with Crippen LogP contribution in [0.15, 0.2) is 22.0 Å². The Kier molecular flexibility index (Phi) is 1.94. The van der Waals surface area contributed by atoms with Crippen molar-refractivity contribution < 1.29 is 15.0 Å². The molecule has 4 N–H and O–H groups in total. The van der Waals surface area contributed by atoms with E-state index in [1.165, 1.54) is 0 Å². The van der Waals surface area contributed by atoms with E-state index in [1.54, 1.807) is 0 Å². The highest BCUT2D eigenvalue weighted by Crippen LogP contribution is 2.01. The number of carbonyl (C=O) groups excluding carboxylic acids is 1. The minimum absolute atomic E-state index is 0.490. The largest absolute Gasteiger partial charge is 0.493 e. The van der Waals surface area contributed by atoms with E-state index in [4.69, 9.17) is 10.2 Å². The Bertz CT molecular complexity index is 601. The molecule has 0 spiro atoms. The Morgan fingerprint density at radius 1 is 1.00 bits per heavy atom. The van der Waals surface area contributed by atoms with E-state index in [2.05, 4.69) is 0 Å². The van der Waals surface area contributed by atoms with E-state index in [0.29, 0.717) is 9.13 Å². The fourth-order valence-electron chi connectivity index (χ4n) is 1.17. The number of carbonyl (C=O) groups is 1. The number of aromatic hydroxyl groups is 2. The topological polar surface area (TPSA) is 133 Å². The maximum Gasteiger partial charge on any atom is 0.345 e. The molecule has 16 heavy (non-hydrogen) atoms. The maximum atomic E-state index is 11.6. The highest BCUT2D eigenvalue weighted by atomic mass is 16.3. The van der Waals surface area contributed by atoms with Crippen LogP contribution >= 0.6 is 0 Å². The van der Waals surface area contributed by atoms with Crippen molar-refractivity contribution in [2.45, 2.75) is 0 Å². The molecule has 2 heterocycles. The molecule has 2 aromatic rings. The first-order valence-corrected chi connectivity index (χ1v) is 4.05. The number of rotatable bonds is 0. The average molecular weight is 226 g/mol. The minimum Gasteiger partial charge on any atom is -0.493 e. The molecule has 84 valence electrons. The molecule has 0 aromatic carbocycles. The lowest BCUT2D eigenvalue weighted by Gasteiger charge is -1.96. The number of imidazole rings is 2. The summed E-state index contributed by atoms with van der Waals surface area (Å²) in [6.07, 6.45) is 1.64. The normalized spacial score (nSPS) is 10.5. The summed E-state index contributed by atoms with van der Waals surface area (Å²) in [6, 6.07) is -1.02. The van der Waals surface area contributed by atoms with E-state index in [-0.39, 0.29) is 0 Å². The summed E-state index contributed by atoms with van der Waals surface area (Å²) < 4.78 is 0.980. The van der Waals surface area contributed by atoms with E-state index < -0.39 is 29.2 Å². The van der Waals surface area contributed by atoms with Gasteiger partial charge in [0.2, 0.25) is 11.8 Å². The van der Waals surface area contributed by atoms with Gasteiger partial charge in [-0.05, 0) is 0 Å². The molecule has 2 rings (SSSR count). The van der Waals surface area contributed by atoms with Gasteiger partial charge in [-0.1, -0.05) is 0 Å². The predicted octanol–water partition coefficient (Wildman–Crippen LogP) is -1.41. The molecule has 0 saturated heterocycles. The fraction of sp³-hybridized carbons (Fsp3) is 0. The Morgan fingerprint density at radius 3 is 1.62 bits per heavy atom. The molecule has 0 aliphatic heterocycles. The molecule has 0 atom stereocenters. The van der Waals surface area contributed by atoms with E-state index >= 15 is 0 Å². The molecule has 9 nitrogen and oxygen atoms in total. The van der Waals surface area contributed by atoms with Gasteiger partial charge in [-0.15, -0.1) is 0 Å². The van der Waals surface area contributed by atoms with Gasteiger partial charge < -0.3 is 10.2 Å². The summed E-state index contributed by atoms with van der Waals surface area (Å²) in [5.41, 5.74) is -1.79. The van der Waals surface area contributed by atoms with Crippen molar-refractivity contribution in [3.05, 3.63) is 33.4 Å². The van der Waals surface area contributed by atoms with Gasteiger partial charge in [-0.25, -0.2) is 23.5 Å². The molecule has 0 unspecified atom stereocenters. The van der Waals surface area contributed by atoms with Crippen LogP contribution in [-0.4, -0.2) is 35.3 Å². The zero-order valence-corrected chi connectivity index (χ0v) is 7.67. The molecule has 2 aromatic heterocycles. The van der Waals surface area contributed by atoms with Crippen LogP contribution < -0.4 is 11.4 Å². The molecule has 9 heteroatoms. The Morgan fingerprint density at radius 2 is 1.38 bits per heavy atom. The van der Waals surface area contributed by atoms with Crippen LogP contribution in [0.2, 0.25) is 0 Å². The van der Waals surface area contributed by atoms with Crippen molar-refractivity contribution in [3.8, 4) is 11.8 Å². The predicted molar refractivity (Wildman–Crippen MR) is 49.6 cm³/mol. The van der Waals surface area contributed by atoms with Crippen LogP contribution in [-0.2, 0) is 0 Å². The van der Waals surface area contributed by atoms with Crippen LogP contribution in [0.4, 0.5) is 4.79 Å². The zero-order chi connectivity index (χ0) is 11.9. The van der Waals surface area contributed by atoms with E-state index in [0.717, 1.165) is 12.4 Å². The first-order valence-electron chi connectivity index (χ1n) is 4.05. The third-order valence-electron chi connectivity index (χ3n) is 1.82. The van der Waals surface area contributed by atoms with Crippen LogP contribution in [0.1, 0.15) is 0 Å². The molecule has 0 aliphatic rings. The highest BCUT2D eigenvalue weighted by molar-refractivity contribution is 5.79. The lowest BCUT2D eigenvalue weighted by molar-refractivity contribution is 0.242. The van der Waals surface area contributed by atoms with Gasteiger partial charge in [-0.2, -0.15) is 0 Å². The summed E-state index contributed by atoms with van der Waals surface area (Å²) in [4.78, 5) is 37.7. The number of hydrogen-bond acceptors (Lipinski definition) is 5. The van der Waals surface area contributed by atoms with Gasteiger partial charge >= 0.3 is 17.4 Å². The average Bonchev–Trinajstić information content (AvgIpc) is 2.68. The third-order valence-corrected chi connectivity index (χ3v) is 1.82. The molecule has 0 fully saturated rings. The van der Waals surface area contributed by atoms with E-state index in [1.807, 2.05) is 9.97 Å². The van der Waals surface area contributed by atoms with Crippen LogP contribution in [0, 0.1) is 0 Å². The summed E-state index contributed by atoms with van der Waals surface area (Å²) in [6.45, 7) is 0. The summed E-state index contributed by atoms with van der Waals surface area (Å²) in [5.74, 6) is -1.02.